The second-order valence-electron chi connectivity index (χ2n) is 11.0. The van der Waals surface area contributed by atoms with E-state index in [0.717, 1.165) is 27.8 Å². The summed E-state index contributed by atoms with van der Waals surface area (Å²) in [5, 5.41) is 8.18. The summed E-state index contributed by atoms with van der Waals surface area (Å²) in [5.74, 6) is 1.61. The van der Waals surface area contributed by atoms with Crippen LogP contribution >= 0.6 is 0 Å². The van der Waals surface area contributed by atoms with Crippen molar-refractivity contribution in [1.29, 1.82) is 0 Å². The highest BCUT2D eigenvalue weighted by atomic mass is 16.5. The van der Waals surface area contributed by atoms with Gasteiger partial charge in [-0.2, -0.15) is 10.2 Å². The van der Waals surface area contributed by atoms with Crippen LogP contribution in [0, 0.1) is 20.8 Å². The van der Waals surface area contributed by atoms with Crippen molar-refractivity contribution < 1.29 is 23.8 Å². The quantitative estimate of drug-likeness (QED) is 0.191. The van der Waals surface area contributed by atoms with Gasteiger partial charge in [0.05, 0.1) is 19.5 Å². The van der Waals surface area contributed by atoms with Crippen LogP contribution in [0.2, 0.25) is 0 Å². The number of amides is 2. The van der Waals surface area contributed by atoms with Gasteiger partial charge in [-0.1, -0.05) is 52.0 Å². The molecule has 228 valence electrons. The molecule has 2 amide bonds. The predicted molar refractivity (Wildman–Crippen MR) is 171 cm³/mol. The zero-order valence-electron chi connectivity index (χ0n) is 26.3. The van der Waals surface area contributed by atoms with Gasteiger partial charge in [0.2, 0.25) is 0 Å². The molecule has 0 saturated carbocycles. The molecule has 0 aliphatic carbocycles. The molecule has 0 aromatic heterocycles. The van der Waals surface area contributed by atoms with Crippen LogP contribution in [0.1, 0.15) is 78.5 Å². The highest BCUT2D eigenvalue weighted by Gasteiger charge is 2.13. The molecule has 3 aromatic carbocycles. The molecule has 0 fully saturated rings. The average Bonchev–Trinajstić information content (AvgIpc) is 2.94. The van der Waals surface area contributed by atoms with Gasteiger partial charge in [-0.15, -0.1) is 0 Å². The van der Waals surface area contributed by atoms with Crippen LogP contribution in [0.4, 0.5) is 0 Å². The van der Waals surface area contributed by atoms with Crippen molar-refractivity contribution in [2.24, 2.45) is 10.2 Å². The summed E-state index contributed by atoms with van der Waals surface area (Å²) in [4.78, 5) is 24.9. The van der Waals surface area contributed by atoms with Crippen LogP contribution in [0.25, 0.3) is 0 Å². The van der Waals surface area contributed by atoms with Crippen molar-refractivity contribution in [2.75, 3.05) is 20.3 Å². The lowest BCUT2D eigenvalue weighted by Crippen LogP contribution is -2.25. The van der Waals surface area contributed by atoms with Crippen LogP contribution in [-0.4, -0.2) is 44.6 Å². The van der Waals surface area contributed by atoms with Gasteiger partial charge in [-0.05, 0) is 84.7 Å². The number of nitrogens with zero attached hydrogens (tertiary/aromatic N) is 2. The topological polar surface area (TPSA) is 111 Å². The fraction of sp³-hybridized carbons (Fsp3) is 0.353. The molecule has 3 aromatic rings. The largest absolute Gasteiger partial charge is 0.495 e. The zero-order chi connectivity index (χ0) is 31.5. The summed E-state index contributed by atoms with van der Waals surface area (Å²) in [6.45, 7) is 13.8. The molecular formula is C34H42N4O5. The summed E-state index contributed by atoms with van der Waals surface area (Å²) in [6.07, 6.45) is 2.99. The lowest BCUT2D eigenvalue weighted by molar-refractivity contribution is -0.123. The van der Waals surface area contributed by atoms with E-state index in [1.165, 1.54) is 19.5 Å². The second kappa shape index (κ2) is 15.5. The van der Waals surface area contributed by atoms with Gasteiger partial charge in [-0.25, -0.2) is 10.9 Å². The fourth-order valence-corrected chi connectivity index (χ4v) is 4.44. The third-order valence-corrected chi connectivity index (χ3v) is 6.58. The summed E-state index contributed by atoms with van der Waals surface area (Å²) in [6, 6.07) is 15.7. The Labute approximate surface area is 254 Å². The molecule has 0 atom stereocenters. The Morgan fingerprint density at radius 2 is 1.12 bits per heavy atom. The molecule has 0 bridgehead atoms. The highest BCUT2D eigenvalue weighted by molar-refractivity contribution is 5.93. The number of aryl methyl sites for hydroxylation is 3. The van der Waals surface area contributed by atoms with E-state index in [4.69, 9.17) is 14.2 Å². The maximum Gasteiger partial charge on any atom is 0.277 e. The zero-order valence-corrected chi connectivity index (χ0v) is 26.3. The van der Waals surface area contributed by atoms with Gasteiger partial charge >= 0.3 is 0 Å². The van der Waals surface area contributed by atoms with E-state index in [0.29, 0.717) is 28.4 Å². The van der Waals surface area contributed by atoms with Crippen LogP contribution in [0.15, 0.2) is 58.7 Å². The molecule has 0 spiro atoms. The van der Waals surface area contributed by atoms with Crippen molar-refractivity contribution >= 4 is 24.2 Å². The number of methoxy groups -OCH3 is 1. The Bertz CT molecular complexity index is 1390. The number of benzene rings is 3. The smallest absolute Gasteiger partial charge is 0.277 e. The highest BCUT2D eigenvalue weighted by Crippen LogP contribution is 2.28. The Kier molecular flexibility index (Phi) is 11.9. The van der Waals surface area contributed by atoms with Gasteiger partial charge < -0.3 is 14.2 Å². The third-order valence-electron chi connectivity index (χ3n) is 6.58. The molecule has 0 radical (unpaired) electrons. The number of ether oxygens (including phenoxy) is 3. The van der Waals surface area contributed by atoms with Crippen molar-refractivity contribution in [1.82, 2.24) is 10.9 Å². The number of hydrazone groups is 2. The summed E-state index contributed by atoms with van der Waals surface area (Å²) < 4.78 is 17.2. The minimum absolute atomic E-state index is 0.171. The van der Waals surface area contributed by atoms with E-state index in [1.807, 2.05) is 69.3 Å². The first kappa shape index (κ1) is 32.8. The molecule has 43 heavy (non-hydrogen) atoms. The minimum atomic E-state index is -0.392. The number of rotatable bonds is 13. The van der Waals surface area contributed by atoms with E-state index >= 15 is 0 Å². The van der Waals surface area contributed by atoms with Gasteiger partial charge in [0, 0.05) is 11.1 Å². The van der Waals surface area contributed by atoms with Crippen LogP contribution < -0.4 is 25.1 Å². The molecular weight excluding hydrogens is 544 g/mol. The van der Waals surface area contributed by atoms with Crippen LogP contribution in [0.5, 0.6) is 17.2 Å². The molecule has 0 aliphatic rings. The number of hydrogen-bond donors (Lipinski definition) is 2. The first-order chi connectivity index (χ1) is 20.5. The Morgan fingerprint density at radius 1 is 0.698 bits per heavy atom. The van der Waals surface area contributed by atoms with Gasteiger partial charge in [-0.3, -0.25) is 9.59 Å². The van der Waals surface area contributed by atoms with E-state index in [9.17, 15) is 9.59 Å². The SMILES string of the molecule is COc1c(C=NNC(=O)COc2cc(C)ccc2C(C)C)cc(C)cc1C=NNC(=O)COc1cc(C)ccc1C(C)C. The molecule has 2 N–H and O–H groups in total. The van der Waals surface area contributed by atoms with Gasteiger partial charge in [0.25, 0.3) is 11.8 Å². The monoisotopic (exact) mass is 586 g/mol. The summed E-state index contributed by atoms with van der Waals surface area (Å²) in [5.41, 5.74) is 11.3. The molecule has 0 aliphatic heterocycles. The standard InChI is InChI=1S/C34H42N4O5/c1-21(2)28-11-9-23(5)15-30(28)42-19-32(39)37-35-17-26-13-25(7)14-27(34(26)41-8)18-36-38-33(40)20-43-31-16-24(6)10-12-29(31)22(3)4/h9-18,21-22H,19-20H2,1-8H3,(H,37,39)(H,38,40). The maximum absolute atomic E-state index is 12.4. The number of hydrogen-bond acceptors (Lipinski definition) is 7. The average molecular weight is 587 g/mol. The minimum Gasteiger partial charge on any atom is -0.495 e. The van der Waals surface area contributed by atoms with Crippen molar-refractivity contribution in [3.8, 4) is 17.2 Å². The predicted octanol–water partition coefficient (Wildman–Crippen LogP) is 5.93. The van der Waals surface area contributed by atoms with Gasteiger partial charge in [0.1, 0.15) is 17.2 Å². The number of nitrogens with one attached hydrogen (secondary N) is 2. The molecule has 0 heterocycles. The van der Waals surface area contributed by atoms with E-state index in [1.54, 1.807) is 0 Å². The van der Waals surface area contributed by atoms with Crippen molar-refractivity contribution in [2.45, 2.75) is 60.3 Å². The van der Waals surface area contributed by atoms with Crippen LogP contribution in [0.3, 0.4) is 0 Å². The maximum atomic E-state index is 12.4. The lowest BCUT2D eigenvalue weighted by Gasteiger charge is -2.14. The molecule has 9 heteroatoms. The lowest BCUT2D eigenvalue weighted by atomic mass is 10.0. The Morgan fingerprint density at radius 3 is 1.49 bits per heavy atom. The summed E-state index contributed by atoms with van der Waals surface area (Å²) >= 11 is 0. The Hall–Kier alpha value is -4.66. The number of carbonyl (C=O) groups is 2. The first-order valence-corrected chi connectivity index (χ1v) is 14.3. The number of carbonyl (C=O) groups excluding carboxylic acids is 2. The molecule has 0 unspecified atom stereocenters. The van der Waals surface area contributed by atoms with E-state index < -0.39 is 11.8 Å². The van der Waals surface area contributed by atoms with E-state index in [-0.39, 0.29) is 25.0 Å². The van der Waals surface area contributed by atoms with Crippen molar-refractivity contribution in [3.05, 3.63) is 87.5 Å². The molecule has 3 rings (SSSR count). The third kappa shape index (κ3) is 9.70. The van der Waals surface area contributed by atoms with E-state index in [2.05, 4.69) is 48.7 Å². The first-order valence-electron chi connectivity index (χ1n) is 14.3. The fourth-order valence-electron chi connectivity index (χ4n) is 4.44. The summed E-state index contributed by atoms with van der Waals surface area (Å²) in [7, 11) is 1.53. The van der Waals surface area contributed by atoms with Crippen molar-refractivity contribution in [3.63, 3.8) is 0 Å². The molecule has 9 nitrogen and oxygen atoms in total. The second-order valence-corrected chi connectivity index (χ2v) is 11.0. The van der Waals surface area contributed by atoms with Gasteiger partial charge in [0.15, 0.2) is 13.2 Å². The molecule has 0 saturated heterocycles. The Balaban J connectivity index is 1.60. The normalized spacial score (nSPS) is 11.4. The van der Waals surface area contributed by atoms with Crippen LogP contribution in [-0.2, 0) is 9.59 Å².